The molecule has 7 heteroatoms. The minimum Gasteiger partial charge on any atom is -0.208 e. The number of nitrogens with zero attached hydrogens (tertiary/aromatic N) is 6. The summed E-state index contributed by atoms with van der Waals surface area (Å²) in [4.78, 5) is 31.6. The summed E-state index contributed by atoms with van der Waals surface area (Å²) in [6, 6.07) is 175. The number of thiophene rings is 1. The Morgan fingerprint density at radius 1 is 0.144 bits per heavy atom. The molecule has 6 nitrogen and oxygen atoms in total. The number of aromatic nitrogens is 6. The summed E-state index contributed by atoms with van der Waals surface area (Å²) in [5.74, 6) is 3.75. The molecular weight excluding hydrogens is 1530 g/mol. The van der Waals surface area contributed by atoms with E-state index < -0.39 is 21.7 Å². The van der Waals surface area contributed by atoms with Gasteiger partial charge in [0, 0.05) is 53.6 Å². The van der Waals surface area contributed by atoms with Crippen molar-refractivity contribution in [3.63, 3.8) is 0 Å². The molecule has 0 saturated heterocycles. The second-order valence-electron chi connectivity index (χ2n) is 32.1. The highest BCUT2D eigenvalue weighted by atomic mass is 32.1. The summed E-state index contributed by atoms with van der Waals surface area (Å²) in [5.41, 5.74) is 24.0. The summed E-state index contributed by atoms with van der Waals surface area (Å²) in [5, 5.41) is 2.45. The highest BCUT2D eigenvalue weighted by Gasteiger charge is 2.63. The molecule has 2 aliphatic carbocycles. The van der Waals surface area contributed by atoms with Gasteiger partial charge in [-0.15, -0.1) is 11.3 Å². The first kappa shape index (κ1) is 75.4. The van der Waals surface area contributed by atoms with Crippen LogP contribution in [0.15, 0.2) is 485 Å². The van der Waals surface area contributed by atoms with Crippen LogP contribution in [0.4, 0.5) is 0 Å². The van der Waals surface area contributed by atoms with E-state index in [2.05, 4.69) is 443 Å². The summed E-state index contributed by atoms with van der Waals surface area (Å²) < 4.78 is 2.51. The van der Waals surface area contributed by atoms with Crippen LogP contribution in [0.1, 0.15) is 66.8 Å². The van der Waals surface area contributed by atoms with Gasteiger partial charge in [-0.1, -0.05) is 449 Å². The predicted octanol–water partition coefficient (Wildman–Crippen LogP) is 28.5. The van der Waals surface area contributed by atoms with Crippen molar-refractivity contribution in [3.8, 4) is 102 Å². The van der Waals surface area contributed by atoms with E-state index in [-0.39, 0.29) is 0 Å². The fraction of sp³-hybridized carbons (Fsp3) is 0.0339. The van der Waals surface area contributed by atoms with Gasteiger partial charge in [0.05, 0.1) is 21.7 Å². The Morgan fingerprint density at radius 2 is 0.360 bits per heavy atom. The lowest BCUT2D eigenvalue weighted by molar-refractivity contribution is 0.415. The lowest BCUT2D eigenvalue weighted by atomic mass is 9.43. The first-order valence-corrected chi connectivity index (χ1v) is 43.4. The minimum absolute atomic E-state index is 0.614. The Bertz CT molecular complexity index is 7320. The van der Waals surface area contributed by atoms with Crippen LogP contribution in [0.3, 0.4) is 0 Å². The van der Waals surface area contributed by atoms with Crippen LogP contribution < -0.4 is 0 Å². The molecule has 0 spiro atoms. The van der Waals surface area contributed by atoms with Crippen LogP contribution in [0.5, 0.6) is 0 Å². The fourth-order valence-electron chi connectivity index (χ4n) is 20.5. The van der Waals surface area contributed by atoms with Crippen molar-refractivity contribution >= 4 is 31.5 Å². The van der Waals surface area contributed by atoms with Gasteiger partial charge in [0.1, 0.15) is 0 Å². The first-order chi connectivity index (χ1) is 62.0. The highest BCUT2D eigenvalue weighted by Crippen LogP contribution is 2.68. The average Bonchev–Trinajstić information content (AvgIpc) is 0.978. The normalized spacial score (nSPS) is 13.5. The Kier molecular flexibility index (Phi) is 19.3. The molecule has 0 fully saturated rings. The second-order valence-corrected chi connectivity index (χ2v) is 33.2. The Labute approximate surface area is 731 Å². The van der Waals surface area contributed by atoms with Gasteiger partial charge >= 0.3 is 0 Å². The molecular formula is C118H80N6S. The van der Waals surface area contributed by atoms with Crippen LogP contribution in [-0.2, 0) is 21.7 Å². The van der Waals surface area contributed by atoms with Crippen LogP contribution in [0, 0.1) is 0 Å². The van der Waals surface area contributed by atoms with E-state index >= 15 is 0 Å². The second kappa shape index (κ2) is 32.0. The SMILES string of the molecule is c1ccc(-c2ccc(-c3nc(-c4ccccc4)nc(-c4ccc5c(c4)C(c4ccccc4)(c4ccccc4)C(c4ccccc4)(c4ccccc4)c4ccccc4-5)n3)cc2)cc1.c1ccc(-c2nc(-c3ccc4c(c3)C(c3ccccc3)(c3ccccc3)C(c3ccccc3)(c3ccccc3)c3ccccc3-4)nc(-c3ccc4sc5ccccc5c4c3)n2)cc1. The van der Waals surface area contributed by atoms with Crippen LogP contribution in [0.2, 0.25) is 0 Å². The summed E-state index contributed by atoms with van der Waals surface area (Å²) in [7, 11) is 0. The lowest BCUT2D eigenvalue weighted by Crippen LogP contribution is -2.54. The fourth-order valence-corrected chi connectivity index (χ4v) is 21.6. The molecule has 2 aliphatic rings. The van der Waals surface area contributed by atoms with Gasteiger partial charge in [-0.2, -0.15) is 0 Å². The van der Waals surface area contributed by atoms with Crippen molar-refractivity contribution in [2.24, 2.45) is 0 Å². The number of fused-ring (bicyclic) bond motifs is 9. The topological polar surface area (TPSA) is 77.3 Å². The molecule has 18 aromatic carbocycles. The van der Waals surface area contributed by atoms with E-state index in [1.165, 1.54) is 115 Å². The molecule has 0 unspecified atom stereocenters. The Hall–Kier alpha value is -15.8. The predicted molar refractivity (Wildman–Crippen MR) is 513 cm³/mol. The summed E-state index contributed by atoms with van der Waals surface area (Å²) in [6.07, 6.45) is 0. The average molecular weight is 1610 g/mol. The molecule has 23 rings (SSSR count). The third kappa shape index (κ3) is 12.5. The standard InChI is InChI=1S/C59H39N3S.C59H41N3/c1-6-20-40(21-7-1)55-60-56(41-35-37-54-50(38-41)49-31-17-19-33-53(49)63-54)62-57(61-55)42-34-36-48-47-30-16-18-32-51(47)58(43-22-8-2-9-23-43,44-24-10-3-11-25-44)59(52(48)39-42,45-26-12-4-13-27-45)46-28-14-5-15-29-46;1-7-21-42(22-8-1)43-35-37-45(38-36-43)56-60-55(44-23-9-2-10-24-44)61-57(62-56)46-39-40-52-51-33-19-20-34-53(51)58(47-25-11-3-12-26-47,48-27-13-4-14-28-48)59(54(52)41-46,49-29-15-5-16-30-49)50-31-17-6-18-32-50/h1-39H;1-41H. The zero-order chi connectivity index (χ0) is 83.1. The molecule has 21 aromatic rings. The summed E-state index contributed by atoms with van der Waals surface area (Å²) in [6.45, 7) is 0. The molecule has 0 bridgehead atoms. The van der Waals surface area contributed by atoms with E-state index in [0.29, 0.717) is 34.9 Å². The van der Waals surface area contributed by atoms with E-state index in [4.69, 9.17) is 29.9 Å². The van der Waals surface area contributed by atoms with Gasteiger partial charge in [0.15, 0.2) is 34.9 Å². The molecule has 0 radical (unpaired) electrons. The minimum atomic E-state index is -0.791. The number of benzene rings is 18. The third-order valence-corrected chi connectivity index (χ3v) is 26.8. The van der Waals surface area contributed by atoms with Crippen molar-refractivity contribution in [1.82, 2.24) is 29.9 Å². The van der Waals surface area contributed by atoms with Gasteiger partial charge < -0.3 is 0 Å². The third-order valence-electron chi connectivity index (χ3n) is 25.6. The molecule has 0 atom stereocenters. The highest BCUT2D eigenvalue weighted by molar-refractivity contribution is 7.25. The van der Waals surface area contributed by atoms with Gasteiger partial charge in [-0.25, -0.2) is 29.9 Å². The molecule has 588 valence electrons. The van der Waals surface area contributed by atoms with Gasteiger partial charge in [-0.3, -0.25) is 0 Å². The van der Waals surface area contributed by atoms with Crippen molar-refractivity contribution < 1.29 is 0 Å². The maximum atomic E-state index is 5.39. The molecule has 0 N–H and O–H groups in total. The smallest absolute Gasteiger partial charge is 0.164 e. The number of hydrogen-bond acceptors (Lipinski definition) is 7. The first-order valence-electron chi connectivity index (χ1n) is 42.6. The maximum absolute atomic E-state index is 5.39. The zero-order valence-electron chi connectivity index (χ0n) is 68.3. The molecule has 0 amide bonds. The van der Waals surface area contributed by atoms with Gasteiger partial charge in [0.2, 0.25) is 0 Å². The van der Waals surface area contributed by atoms with E-state index in [0.717, 1.165) is 38.9 Å². The van der Waals surface area contributed by atoms with Crippen molar-refractivity contribution in [2.75, 3.05) is 0 Å². The zero-order valence-corrected chi connectivity index (χ0v) is 69.1. The Balaban J connectivity index is 0.000000148. The molecule has 0 saturated carbocycles. The van der Waals surface area contributed by atoms with Crippen molar-refractivity contribution in [3.05, 3.63) is 552 Å². The largest absolute Gasteiger partial charge is 0.208 e. The molecule has 125 heavy (non-hydrogen) atoms. The molecule has 0 aliphatic heterocycles. The number of rotatable bonds is 15. The van der Waals surface area contributed by atoms with Crippen molar-refractivity contribution in [2.45, 2.75) is 21.7 Å². The van der Waals surface area contributed by atoms with Crippen LogP contribution in [-0.4, -0.2) is 29.9 Å². The molecule has 3 aromatic heterocycles. The van der Waals surface area contributed by atoms with Crippen molar-refractivity contribution in [1.29, 1.82) is 0 Å². The maximum Gasteiger partial charge on any atom is 0.164 e. The van der Waals surface area contributed by atoms with Crippen LogP contribution >= 0.6 is 11.3 Å². The van der Waals surface area contributed by atoms with Gasteiger partial charge in [0.25, 0.3) is 0 Å². The van der Waals surface area contributed by atoms with E-state index in [1.807, 2.05) is 53.8 Å². The van der Waals surface area contributed by atoms with E-state index in [1.54, 1.807) is 0 Å². The summed E-state index contributed by atoms with van der Waals surface area (Å²) >= 11 is 1.81. The Morgan fingerprint density at radius 3 is 0.704 bits per heavy atom. The quantitative estimate of drug-likeness (QED) is 0.102. The lowest BCUT2D eigenvalue weighted by Gasteiger charge is -2.57. The van der Waals surface area contributed by atoms with Gasteiger partial charge in [-0.05, 0) is 137 Å². The number of hydrogen-bond donors (Lipinski definition) is 0. The monoisotopic (exact) mass is 1610 g/mol. The van der Waals surface area contributed by atoms with E-state index in [9.17, 15) is 0 Å². The molecule has 3 heterocycles. The van der Waals surface area contributed by atoms with Crippen LogP contribution in [0.25, 0.3) is 122 Å².